The molecule has 3 rings (SSSR count). The lowest BCUT2D eigenvalue weighted by Gasteiger charge is -2.45. The molecule has 0 radical (unpaired) electrons. The normalized spacial score (nSPS) is 20.7. The van der Waals surface area contributed by atoms with Gasteiger partial charge in [0, 0.05) is 30.1 Å². The van der Waals surface area contributed by atoms with Gasteiger partial charge < -0.3 is 15.0 Å². The van der Waals surface area contributed by atoms with Crippen LogP contribution < -0.4 is 10.1 Å². The molecular formula is C19H27ClN2O2. The van der Waals surface area contributed by atoms with Crippen molar-refractivity contribution in [3.8, 4) is 5.75 Å². The largest absolute Gasteiger partial charge is 0.491 e. The number of amides is 1. The van der Waals surface area contributed by atoms with Crippen molar-refractivity contribution < 1.29 is 9.53 Å². The van der Waals surface area contributed by atoms with E-state index in [0.717, 1.165) is 50.2 Å². The van der Waals surface area contributed by atoms with Crippen molar-refractivity contribution >= 4 is 17.5 Å². The van der Waals surface area contributed by atoms with Crippen LogP contribution in [0.1, 0.15) is 45.1 Å². The van der Waals surface area contributed by atoms with Crippen LogP contribution in [-0.2, 0) is 11.3 Å². The monoisotopic (exact) mass is 350 g/mol. The molecule has 0 bridgehead atoms. The van der Waals surface area contributed by atoms with Gasteiger partial charge in [0.25, 0.3) is 0 Å². The number of piperidine rings is 2. The van der Waals surface area contributed by atoms with Gasteiger partial charge in [0.1, 0.15) is 5.75 Å². The number of likely N-dealkylation sites (tertiary alicyclic amines) is 1. The lowest BCUT2D eigenvalue weighted by atomic mass is 9.72. The molecule has 24 heavy (non-hydrogen) atoms. The number of carbonyl (C=O) groups is 1. The minimum atomic E-state index is 0.0951. The van der Waals surface area contributed by atoms with E-state index < -0.39 is 0 Å². The van der Waals surface area contributed by atoms with Crippen LogP contribution >= 0.6 is 11.6 Å². The number of nitrogens with one attached hydrogen (secondary N) is 1. The maximum Gasteiger partial charge on any atom is 0.222 e. The standard InChI is InChI=1S/C19H27ClN2O2/c1-14(2)24-17-4-3-16(20)11-15(17)12-22-13-19(6-5-18(22)23)7-9-21-10-8-19/h3-4,11,14,21H,5-10,12-13H2,1-2H3. The minimum absolute atomic E-state index is 0.0951. The number of halogens is 1. The first-order valence-corrected chi connectivity index (χ1v) is 9.29. The molecule has 4 nitrogen and oxygen atoms in total. The van der Waals surface area contributed by atoms with E-state index in [1.54, 1.807) is 0 Å². The first-order valence-electron chi connectivity index (χ1n) is 8.91. The van der Waals surface area contributed by atoms with Crippen molar-refractivity contribution in [2.75, 3.05) is 19.6 Å². The SMILES string of the molecule is CC(C)Oc1ccc(Cl)cc1CN1CC2(CCNCC2)CCC1=O. The quantitative estimate of drug-likeness (QED) is 0.901. The predicted octanol–water partition coefficient (Wildman–Crippen LogP) is 3.62. The van der Waals surface area contributed by atoms with Crippen LogP contribution in [0, 0.1) is 5.41 Å². The Morgan fingerprint density at radius 1 is 1.29 bits per heavy atom. The lowest BCUT2D eigenvalue weighted by molar-refractivity contribution is -0.139. The Morgan fingerprint density at radius 3 is 2.75 bits per heavy atom. The van der Waals surface area contributed by atoms with E-state index in [2.05, 4.69) is 5.32 Å². The maximum absolute atomic E-state index is 12.5. The third-order valence-electron chi connectivity index (χ3n) is 5.16. The summed E-state index contributed by atoms with van der Waals surface area (Å²) in [6.07, 6.45) is 4.08. The van der Waals surface area contributed by atoms with Crippen molar-refractivity contribution in [2.24, 2.45) is 5.41 Å². The van der Waals surface area contributed by atoms with Crippen molar-refractivity contribution in [2.45, 2.75) is 52.2 Å². The van der Waals surface area contributed by atoms with Crippen LogP contribution in [0.2, 0.25) is 5.02 Å². The Bertz CT molecular complexity index is 597. The van der Waals surface area contributed by atoms with Crippen LogP contribution in [0.25, 0.3) is 0 Å². The van der Waals surface area contributed by atoms with Crippen molar-refractivity contribution in [3.63, 3.8) is 0 Å². The van der Waals surface area contributed by atoms with E-state index in [9.17, 15) is 4.79 Å². The molecule has 2 fully saturated rings. The topological polar surface area (TPSA) is 41.6 Å². The number of rotatable bonds is 4. The summed E-state index contributed by atoms with van der Waals surface area (Å²) in [5, 5.41) is 4.11. The second kappa shape index (κ2) is 7.32. The van der Waals surface area contributed by atoms with Crippen molar-refractivity contribution in [1.82, 2.24) is 10.2 Å². The molecule has 0 saturated carbocycles. The molecule has 0 aliphatic carbocycles. The number of carbonyl (C=O) groups excluding carboxylic acids is 1. The van der Waals surface area contributed by atoms with E-state index in [-0.39, 0.29) is 17.4 Å². The zero-order valence-electron chi connectivity index (χ0n) is 14.6. The van der Waals surface area contributed by atoms with Crippen molar-refractivity contribution in [3.05, 3.63) is 28.8 Å². The summed E-state index contributed by atoms with van der Waals surface area (Å²) < 4.78 is 5.91. The summed E-state index contributed by atoms with van der Waals surface area (Å²) in [5.74, 6) is 1.07. The third kappa shape index (κ3) is 4.04. The second-order valence-corrected chi connectivity index (χ2v) is 7.85. The first kappa shape index (κ1) is 17.6. The van der Waals surface area contributed by atoms with Gasteiger partial charge in [0.05, 0.1) is 6.10 Å². The highest BCUT2D eigenvalue weighted by atomic mass is 35.5. The summed E-state index contributed by atoms with van der Waals surface area (Å²) >= 11 is 6.18. The molecule has 1 N–H and O–H groups in total. The molecule has 1 aromatic rings. The van der Waals surface area contributed by atoms with Gasteiger partial charge in [-0.25, -0.2) is 0 Å². The maximum atomic E-state index is 12.5. The average molecular weight is 351 g/mol. The molecule has 2 aliphatic heterocycles. The molecule has 2 aliphatic rings. The van der Waals surface area contributed by atoms with Crippen LogP contribution in [0.5, 0.6) is 5.75 Å². The Morgan fingerprint density at radius 2 is 2.04 bits per heavy atom. The molecule has 0 unspecified atom stereocenters. The lowest BCUT2D eigenvalue weighted by Crippen LogP contribution is -2.50. The fourth-order valence-electron chi connectivity index (χ4n) is 3.86. The van der Waals surface area contributed by atoms with Gasteiger partial charge >= 0.3 is 0 Å². The summed E-state index contributed by atoms with van der Waals surface area (Å²) in [7, 11) is 0. The molecule has 0 atom stereocenters. The van der Waals surface area contributed by atoms with Gasteiger partial charge in [-0.2, -0.15) is 0 Å². The molecule has 1 amide bonds. The van der Waals surface area contributed by atoms with E-state index >= 15 is 0 Å². The van der Waals surface area contributed by atoms with E-state index in [1.807, 2.05) is 36.9 Å². The number of benzene rings is 1. The highest BCUT2D eigenvalue weighted by Gasteiger charge is 2.39. The molecule has 1 spiro atoms. The van der Waals surface area contributed by atoms with Crippen molar-refractivity contribution in [1.29, 1.82) is 0 Å². The Kier molecular flexibility index (Phi) is 5.36. The smallest absolute Gasteiger partial charge is 0.222 e. The van der Waals surface area contributed by atoms with Gasteiger partial charge in [0.2, 0.25) is 5.91 Å². The van der Waals surface area contributed by atoms with Gasteiger partial charge in [-0.1, -0.05) is 11.6 Å². The van der Waals surface area contributed by atoms with E-state index in [4.69, 9.17) is 16.3 Å². The highest BCUT2D eigenvalue weighted by Crippen LogP contribution is 2.39. The zero-order chi connectivity index (χ0) is 17.2. The van der Waals surface area contributed by atoms with Crippen LogP contribution in [-0.4, -0.2) is 36.5 Å². The summed E-state index contributed by atoms with van der Waals surface area (Å²) in [4.78, 5) is 14.5. The average Bonchev–Trinajstić information content (AvgIpc) is 2.54. The van der Waals surface area contributed by atoms with Crippen LogP contribution in [0.15, 0.2) is 18.2 Å². The van der Waals surface area contributed by atoms with Gasteiger partial charge in [0.15, 0.2) is 0 Å². The summed E-state index contributed by atoms with van der Waals surface area (Å²) in [5.41, 5.74) is 1.28. The molecule has 0 aromatic heterocycles. The van der Waals surface area contributed by atoms with Gasteiger partial charge in [-0.05, 0) is 69.8 Å². The molecule has 5 heteroatoms. The molecular weight excluding hydrogens is 324 g/mol. The van der Waals surface area contributed by atoms with E-state index in [0.29, 0.717) is 18.0 Å². The molecule has 2 heterocycles. The number of hydrogen-bond acceptors (Lipinski definition) is 3. The Labute approximate surface area is 149 Å². The third-order valence-corrected chi connectivity index (χ3v) is 5.39. The Hall–Kier alpha value is -1.26. The summed E-state index contributed by atoms with van der Waals surface area (Å²) in [6, 6.07) is 5.68. The Balaban J connectivity index is 1.78. The fraction of sp³-hybridized carbons (Fsp3) is 0.632. The highest BCUT2D eigenvalue weighted by molar-refractivity contribution is 6.30. The molecule has 132 valence electrons. The molecule has 1 aromatic carbocycles. The fourth-order valence-corrected chi connectivity index (χ4v) is 4.05. The van der Waals surface area contributed by atoms with Crippen LogP contribution in [0.4, 0.5) is 0 Å². The summed E-state index contributed by atoms with van der Waals surface area (Å²) in [6.45, 7) is 7.56. The first-order chi connectivity index (χ1) is 11.5. The van der Waals surface area contributed by atoms with Crippen LogP contribution in [0.3, 0.4) is 0 Å². The predicted molar refractivity (Wildman–Crippen MR) is 96.4 cm³/mol. The number of nitrogens with zero attached hydrogens (tertiary/aromatic N) is 1. The van der Waals surface area contributed by atoms with Gasteiger partial charge in [-0.15, -0.1) is 0 Å². The number of hydrogen-bond donors (Lipinski definition) is 1. The van der Waals surface area contributed by atoms with E-state index in [1.165, 1.54) is 0 Å². The zero-order valence-corrected chi connectivity index (χ0v) is 15.4. The molecule has 2 saturated heterocycles. The second-order valence-electron chi connectivity index (χ2n) is 7.42. The van der Waals surface area contributed by atoms with Gasteiger partial charge in [-0.3, -0.25) is 4.79 Å². The minimum Gasteiger partial charge on any atom is -0.491 e. The number of ether oxygens (including phenoxy) is 1.